The Kier molecular flexibility index (Phi) is 4.61. The van der Waals surface area contributed by atoms with E-state index in [0.717, 1.165) is 17.0 Å². The number of carbonyl (C=O) groups is 1. The molecule has 0 N–H and O–H groups in total. The zero-order chi connectivity index (χ0) is 14.5. The Morgan fingerprint density at radius 1 is 1.40 bits per heavy atom. The third-order valence-electron chi connectivity index (χ3n) is 3.44. The van der Waals surface area contributed by atoms with Crippen molar-refractivity contribution < 1.29 is 14.4 Å². The first-order valence-electron chi connectivity index (χ1n) is 6.86. The summed E-state index contributed by atoms with van der Waals surface area (Å²) < 4.78 is 5.31. The van der Waals surface area contributed by atoms with E-state index in [1.807, 2.05) is 38.1 Å². The van der Waals surface area contributed by atoms with Gasteiger partial charge in [-0.2, -0.15) is 0 Å². The fourth-order valence-corrected chi connectivity index (χ4v) is 2.29. The highest BCUT2D eigenvalue weighted by atomic mass is 16.6. The average molecular weight is 276 g/mol. The highest BCUT2D eigenvalue weighted by Crippen LogP contribution is 2.25. The first-order chi connectivity index (χ1) is 9.71. The van der Waals surface area contributed by atoms with Crippen LogP contribution in [0.15, 0.2) is 29.4 Å². The van der Waals surface area contributed by atoms with Gasteiger partial charge in [0.15, 0.2) is 0 Å². The summed E-state index contributed by atoms with van der Waals surface area (Å²) in [5.41, 5.74) is 1.64. The van der Waals surface area contributed by atoms with Gasteiger partial charge in [0.1, 0.15) is 5.75 Å². The summed E-state index contributed by atoms with van der Waals surface area (Å²) >= 11 is 0. The third-order valence-corrected chi connectivity index (χ3v) is 3.44. The number of methoxy groups -OCH3 is 1. The van der Waals surface area contributed by atoms with Gasteiger partial charge in [0.05, 0.1) is 12.8 Å². The van der Waals surface area contributed by atoms with Gasteiger partial charge in [0, 0.05) is 25.1 Å². The van der Waals surface area contributed by atoms with E-state index >= 15 is 0 Å². The SMILES string of the molecule is CCN(CC)C(=O)C1CC(c2ccccc2OC)=NO1. The van der Waals surface area contributed by atoms with E-state index in [-0.39, 0.29) is 5.91 Å². The van der Waals surface area contributed by atoms with Gasteiger partial charge in [0.25, 0.3) is 5.91 Å². The number of nitrogens with zero attached hydrogens (tertiary/aromatic N) is 2. The van der Waals surface area contributed by atoms with E-state index in [2.05, 4.69) is 5.16 Å². The number of benzene rings is 1. The lowest BCUT2D eigenvalue weighted by Gasteiger charge is -2.21. The summed E-state index contributed by atoms with van der Waals surface area (Å²) in [5.74, 6) is 0.731. The molecule has 0 saturated carbocycles. The van der Waals surface area contributed by atoms with Gasteiger partial charge < -0.3 is 14.5 Å². The van der Waals surface area contributed by atoms with Crippen LogP contribution in [0, 0.1) is 0 Å². The lowest BCUT2D eigenvalue weighted by atomic mass is 10.0. The molecule has 0 fully saturated rings. The third kappa shape index (κ3) is 2.76. The standard InChI is InChI=1S/C15H20N2O3/c1-4-17(5-2)15(18)14-10-12(16-20-14)11-8-6-7-9-13(11)19-3/h6-9,14H,4-5,10H2,1-3H3. The highest BCUT2D eigenvalue weighted by Gasteiger charge is 2.32. The number of hydrogen-bond acceptors (Lipinski definition) is 4. The number of oxime groups is 1. The quantitative estimate of drug-likeness (QED) is 0.827. The minimum Gasteiger partial charge on any atom is -0.496 e. The van der Waals surface area contributed by atoms with Crippen LogP contribution in [-0.4, -0.2) is 42.8 Å². The lowest BCUT2D eigenvalue weighted by molar-refractivity contribution is -0.141. The Morgan fingerprint density at radius 3 is 2.75 bits per heavy atom. The molecular formula is C15H20N2O3. The molecule has 1 aromatic carbocycles. The summed E-state index contributed by atoms with van der Waals surface area (Å²) in [6.07, 6.45) is -0.0368. The molecule has 0 spiro atoms. The Bertz CT molecular complexity index is 510. The van der Waals surface area contributed by atoms with Crippen LogP contribution in [0.2, 0.25) is 0 Å². The molecular weight excluding hydrogens is 256 g/mol. The predicted molar refractivity (Wildman–Crippen MR) is 76.9 cm³/mol. The van der Waals surface area contributed by atoms with Crippen molar-refractivity contribution in [3.05, 3.63) is 29.8 Å². The second kappa shape index (κ2) is 6.41. The first-order valence-corrected chi connectivity index (χ1v) is 6.86. The summed E-state index contributed by atoms with van der Waals surface area (Å²) in [6.45, 7) is 5.27. The topological polar surface area (TPSA) is 51.1 Å². The predicted octanol–water partition coefficient (Wildman–Crippen LogP) is 2.06. The van der Waals surface area contributed by atoms with Crippen LogP contribution in [0.5, 0.6) is 5.75 Å². The maximum absolute atomic E-state index is 12.2. The minimum atomic E-state index is -0.519. The van der Waals surface area contributed by atoms with E-state index in [9.17, 15) is 4.79 Å². The number of likely N-dealkylation sites (N-methyl/N-ethyl adjacent to an activating group) is 1. The van der Waals surface area contributed by atoms with Gasteiger partial charge in [-0.1, -0.05) is 17.3 Å². The Labute approximate surface area is 119 Å². The maximum atomic E-state index is 12.2. The largest absolute Gasteiger partial charge is 0.496 e. The Morgan fingerprint density at radius 2 is 2.10 bits per heavy atom. The minimum absolute atomic E-state index is 0.0105. The molecule has 1 atom stereocenters. The monoisotopic (exact) mass is 276 g/mol. The number of ether oxygens (including phenoxy) is 1. The molecule has 1 aliphatic rings. The lowest BCUT2D eigenvalue weighted by Crippen LogP contribution is -2.39. The first kappa shape index (κ1) is 14.4. The zero-order valence-electron chi connectivity index (χ0n) is 12.1. The molecule has 1 amide bonds. The molecule has 1 heterocycles. The zero-order valence-corrected chi connectivity index (χ0v) is 12.1. The molecule has 0 bridgehead atoms. The van der Waals surface area contributed by atoms with E-state index in [1.165, 1.54) is 0 Å². The van der Waals surface area contributed by atoms with Crippen LogP contribution < -0.4 is 4.74 Å². The van der Waals surface area contributed by atoms with Crippen molar-refractivity contribution in [1.82, 2.24) is 4.90 Å². The highest BCUT2D eigenvalue weighted by molar-refractivity contribution is 6.05. The van der Waals surface area contributed by atoms with E-state index in [0.29, 0.717) is 19.5 Å². The van der Waals surface area contributed by atoms with Crippen LogP contribution in [0.4, 0.5) is 0 Å². The molecule has 5 heteroatoms. The molecule has 0 radical (unpaired) electrons. The molecule has 2 rings (SSSR count). The van der Waals surface area contributed by atoms with Gasteiger partial charge in [-0.25, -0.2) is 0 Å². The van der Waals surface area contributed by atoms with Gasteiger partial charge in [-0.3, -0.25) is 4.79 Å². The van der Waals surface area contributed by atoms with Crippen molar-refractivity contribution in [3.8, 4) is 5.75 Å². The molecule has 1 unspecified atom stereocenters. The fourth-order valence-electron chi connectivity index (χ4n) is 2.29. The van der Waals surface area contributed by atoms with Crippen molar-refractivity contribution in [2.45, 2.75) is 26.4 Å². The number of carbonyl (C=O) groups excluding carboxylic acids is 1. The number of para-hydroxylation sites is 1. The number of amides is 1. The van der Waals surface area contributed by atoms with E-state index in [4.69, 9.17) is 9.57 Å². The summed E-state index contributed by atoms with van der Waals surface area (Å²) in [4.78, 5) is 19.3. The smallest absolute Gasteiger partial charge is 0.266 e. The van der Waals surface area contributed by atoms with Crippen molar-refractivity contribution in [2.75, 3.05) is 20.2 Å². The number of rotatable bonds is 5. The van der Waals surface area contributed by atoms with Gasteiger partial charge in [0.2, 0.25) is 6.10 Å². The molecule has 0 aliphatic carbocycles. The Balaban J connectivity index is 2.10. The van der Waals surface area contributed by atoms with Gasteiger partial charge >= 0.3 is 0 Å². The van der Waals surface area contributed by atoms with Gasteiger partial charge in [-0.15, -0.1) is 0 Å². The van der Waals surface area contributed by atoms with Crippen molar-refractivity contribution in [3.63, 3.8) is 0 Å². The molecule has 5 nitrogen and oxygen atoms in total. The van der Waals surface area contributed by atoms with Gasteiger partial charge in [-0.05, 0) is 26.0 Å². The van der Waals surface area contributed by atoms with Crippen LogP contribution in [0.25, 0.3) is 0 Å². The summed E-state index contributed by atoms with van der Waals surface area (Å²) in [7, 11) is 1.62. The van der Waals surface area contributed by atoms with Crippen molar-refractivity contribution in [1.29, 1.82) is 0 Å². The second-order valence-corrected chi connectivity index (χ2v) is 4.55. The maximum Gasteiger partial charge on any atom is 0.266 e. The Hall–Kier alpha value is -2.04. The molecule has 0 aromatic heterocycles. The van der Waals surface area contributed by atoms with Crippen LogP contribution >= 0.6 is 0 Å². The molecule has 1 aromatic rings. The van der Waals surface area contributed by atoms with Crippen LogP contribution in [-0.2, 0) is 9.63 Å². The molecule has 20 heavy (non-hydrogen) atoms. The van der Waals surface area contributed by atoms with E-state index < -0.39 is 6.10 Å². The normalized spacial score (nSPS) is 17.4. The van der Waals surface area contributed by atoms with Crippen molar-refractivity contribution in [2.24, 2.45) is 5.16 Å². The number of hydrogen-bond donors (Lipinski definition) is 0. The van der Waals surface area contributed by atoms with Crippen molar-refractivity contribution >= 4 is 11.6 Å². The van der Waals surface area contributed by atoms with E-state index in [1.54, 1.807) is 12.0 Å². The fraction of sp³-hybridized carbons (Fsp3) is 0.467. The molecule has 108 valence electrons. The molecule has 1 aliphatic heterocycles. The second-order valence-electron chi connectivity index (χ2n) is 4.55. The van der Waals surface area contributed by atoms with Crippen LogP contribution in [0.1, 0.15) is 25.8 Å². The molecule has 0 saturated heterocycles. The average Bonchev–Trinajstić information content (AvgIpc) is 2.98. The summed E-state index contributed by atoms with van der Waals surface area (Å²) in [5, 5.41) is 4.06. The summed E-state index contributed by atoms with van der Waals surface area (Å²) in [6, 6.07) is 7.61. The van der Waals surface area contributed by atoms with Crippen LogP contribution in [0.3, 0.4) is 0 Å².